The molecule has 1 saturated heterocycles. The van der Waals surface area contributed by atoms with Crippen molar-refractivity contribution in [1.29, 1.82) is 0 Å². The van der Waals surface area contributed by atoms with Gasteiger partial charge in [0.25, 0.3) is 0 Å². The first-order valence-corrected chi connectivity index (χ1v) is 7.06. The van der Waals surface area contributed by atoms with Gasteiger partial charge in [-0.15, -0.1) is 0 Å². The summed E-state index contributed by atoms with van der Waals surface area (Å²) in [7, 11) is 0. The smallest absolute Gasteiger partial charge is 0.237 e. The van der Waals surface area contributed by atoms with Gasteiger partial charge in [0.1, 0.15) is 12.0 Å². The highest BCUT2D eigenvalue weighted by atomic mass is 16.4. The van der Waals surface area contributed by atoms with Crippen LogP contribution in [0.25, 0.3) is 0 Å². The highest BCUT2D eigenvalue weighted by molar-refractivity contribution is 5.80. The molecule has 0 aromatic carbocycles. The third-order valence-electron chi connectivity index (χ3n) is 3.65. The number of carbonyl (C=O) groups is 1. The predicted molar refractivity (Wildman–Crippen MR) is 78.0 cm³/mol. The van der Waals surface area contributed by atoms with E-state index in [2.05, 4.69) is 0 Å². The molecule has 1 aromatic rings. The van der Waals surface area contributed by atoms with E-state index in [1.54, 1.807) is 0 Å². The van der Waals surface area contributed by atoms with Gasteiger partial charge in [-0.05, 0) is 27.7 Å². The van der Waals surface area contributed by atoms with Crippen LogP contribution in [0.1, 0.15) is 33.5 Å². The van der Waals surface area contributed by atoms with Crippen molar-refractivity contribution in [2.45, 2.75) is 45.8 Å². The molecule has 1 aliphatic heterocycles. The Balaban J connectivity index is 2.14. The summed E-state index contributed by atoms with van der Waals surface area (Å²) in [6, 6.07) is 1.42. The van der Waals surface area contributed by atoms with Crippen LogP contribution in [-0.2, 0) is 11.3 Å². The van der Waals surface area contributed by atoms with Crippen molar-refractivity contribution >= 4 is 5.91 Å². The SMILES string of the molecule is CC(C)N1C(=O)CN(Cc2cc(=O)c(O)co2)CC1(C)C. The quantitative estimate of drug-likeness (QED) is 0.906. The number of carbonyl (C=O) groups excluding carboxylic acids is 1. The Labute approximate surface area is 124 Å². The van der Waals surface area contributed by atoms with Gasteiger partial charge < -0.3 is 14.4 Å². The number of amides is 1. The fraction of sp³-hybridized carbons (Fsp3) is 0.600. The lowest BCUT2D eigenvalue weighted by Gasteiger charge is -2.48. The fourth-order valence-corrected chi connectivity index (χ4v) is 3.13. The minimum absolute atomic E-state index is 0.0716. The zero-order valence-corrected chi connectivity index (χ0v) is 12.9. The van der Waals surface area contributed by atoms with Gasteiger partial charge in [0.2, 0.25) is 11.3 Å². The minimum atomic E-state index is -0.470. The molecular formula is C15H22N2O4. The van der Waals surface area contributed by atoms with Crippen LogP contribution in [0.15, 0.2) is 21.5 Å². The fourth-order valence-electron chi connectivity index (χ4n) is 3.13. The summed E-state index contributed by atoms with van der Waals surface area (Å²) in [5, 5.41) is 9.19. The summed E-state index contributed by atoms with van der Waals surface area (Å²) < 4.78 is 5.20. The number of hydrogen-bond donors (Lipinski definition) is 1. The molecule has 0 spiro atoms. The van der Waals surface area contributed by atoms with Crippen molar-refractivity contribution in [3.05, 3.63) is 28.3 Å². The zero-order chi connectivity index (χ0) is 15.8. The molecule has 21 heavy (non-hydrogen) atoms. The normalized spacial score (nSPS) is 19.3. The number of piperazine rings is 1. The van der Waals surface area contributed by atoms with Crippen LogP contribution in [-0.4, -0.2) is 45.5 Å². The topological polar surface area (TPSA) is 74.0 Å². The summed E-state index contributed by atoms with van der Waals surface area (Å²) in [5.74, 6) is 0.113. The number of aromatic hydroxyl groups is 1. The van der Waals surface area contributed by atoms with Crippen molar-refractivity contribution in [2.75, 3.05) is 13.1 Å². The summed E-state index contributed by atoms with van der Waals surface area (Å²) in [6.07, 6.45) is 1.04. The number of rotatable bonds is 3. The van der Waals surface area contributed by atoms with Crippen molar-refractivity contribution in [3.8, 4) is 5.75 Å². The molecule has 1 aliphatic rings. The van der Waals surface area contributed by atoms with E-state index < -0.39 is 11.2 Å². The number of nitrogens with zero attached hydrogens (tertiary/aromatic N) is 2. The monoisotopic (exact) mass is 294 g/mol. The summed E-state index contributed by atoms with van der Waals surface area (Å²) in [6.45, 7) is 9.45. The molecule has 0 saturated carbocycles. The van der Waals surface area contributed by atoms with Crippen LogP contribution in [0.4, 0.5) is 0 Å². The lowest BCUT2D eigenvalue weighted by Crippen LogP contribution is -2.63. The third-order valence-corrected chi connectivity index (χ3v) is 3.65. The molecular weight excluding hydrogens is 272 g/mol. The largest absolute Gasteiger partial charge is 0.502 e. The van der Waals surface area contributed by atoms with Crippen LogP contribution >= 0.6 is 0 Å². The molecule has 1 amide bonds. The molecule has 1 aromatic heterocycles. The van der Waals surface area contributed by atoms with Crippen molar-refractivity contribution in [3.63, 3.8) is 0 Å². The molecule has 1 fully saturated rings. The molecule has 0 aliphatic carbocycles. The maximum absolute atomic E-state index is 12.3. The second-order valence-electron chi connectivity index (χ2n) is 6.41. The first kappa shape index (κ1) is 15.6. The highest BCUT2D eigenvalue weighted by Gasteiger charge is 2.39. The Kier molecular flexibility index (Phi) is 4.09. The lowest BCUT2D eigenvalue weighted by atomic mass is 9.96. The maximum atomic E-state index is 12.3. The van der Waals surface area contributed by atoms with Gasteiger partial charge in [0.15, 0.2) is 5.75 Å². The summed E-state index contributed by atoms with van der Waals surface area (Å²) in [5.41, 5.74) is -0.747. The van der Waals surface area contributed by atoms with Gasteiger partial charge in [0, 0.05) is 18.7 Å². The molecule has 0 unspecified atom stereocenters. The summed E-state index contributed by atoms with van der Waals surface area (Å²) in [4.78, 5) is 27.6. The van der Waals surface area contributed by atoms with Crippen LogP contribution in [0.2, 0.25) is 0 Å². The first-order chi connectivity index (χ1) is 9.70. The first-order valence-electron chi connectivity index (χ1n) is 7.06. The van der Waals surface area contributed by atoms with Gasteiger partial charge in [-0.2, -0.15) is 0 Å². The van der Waals surface area contributed by atoms with Gasteiger partial charge >= 0.3 is 0 Å². The zero-order valence-electron chi connectivity index (χ0n) is 12.9. The molecule has 0 radical (unpaired) electrons. The van der Waals surface area contributed by atoms with E-state index in [1.165, 1.54) is 6.07 Å². The van der Waals surface area contributed by atoms with E-state index in [0.29, 0.717) is 25.4 Å². The molecule has 116 valence electrons. The van der Waals surface area contributed by atoms with E-state index in [4.69, 9.17) is 4.42 Å². The summed E-state index contributed by atoms with van der Waals surface area (Å²) >= 11 is 0. The van der Waals surface area contributed by atoms with E-state index in [1.807, 2.05) is 37.5 Å². The van der Waals surface area contributed by atoms with Crippen LogP contribution in [0, 0.1) is 0 Å². The van der Waals surface area contributed by atoms with Crippen LogP contribution in [0.5, 0.6) is 5.75 Å². The van der Waals surface area contributed by atoms with Crippen LogP contribution < -0.4 is 5.43 Å². The van der Waals surface area contributed by atoms with Crippen molar-refractivity contribution in [1.82, 2.24) is 9.80 Å². The Morgan fingerprint density at radius 2 is 2.05 bits per heavy atom. The molecule has 1 N–H and O–H groups in total. The van der Waals surface area contributed by atoms with Gasteiger partial charge in [-0.1, -0.05) is 0 Å². The highest BCUT2D eigenvalue weighted by Crippen LogP contribution is 2.25. The molecule has 2 rings (SSSR count). The Morgan fingerprint density at radius 1 is 1.38 bits per heavy atom. The Hall–Kier alpha value is -1.82. The van der Waals surface area contributed by atoms with Crippen molar-refractivity contribution < 1.29 is 14.3 Å². The van der Waals surface area contributed by atoms with E-state index in [9.17, 15) is 14.7 Å². The lowest BCUT2D eigenvalue weighted by molar-refractivity contribution is -0.148. The molecule has 0 atom stereocenters. The Morgan fingerprint density at radius 3 is 2.57 bits per heavy atom. The van der Waals surface area contributed by atoms with Gasteiger partial charge in [-0.25, -0.2) is 0 Å². The standard InChI is InChI=1S/C15H22N2O4/c1-10(2)17-14(20)7-16(9-15(17,3)4)6-11-5-12(18)13(19)8-21-11/h5,8,10,19H,6-7,9H2,1-4H3. The predicted octanol–water partition coefficient (Wildman–Crippen LogP) is 1.18. The van der Waals surface area contributed by atoms with E-state index >= 15 is 0 Å². The average Bonchev–Trinajstić information content (AvgIpc) is 2.31. The average molecular weight is 294 g/mol. The van der Waals surface area contributed by atoms with Crippen molar-refractivity contribution in [2.24, 2.45) is 0 Å². The molecule has 6 heteroatoms. The van der Waals surface area contributed by atoms with Crippen LogP contribution in [0.3, 0.4) is 0 Å². The third kappa shape index (κ3) is 3.26. The second-order valence-corrected chi connectivity index (χ2v) is 6.41. The van der Waals surface area contributed by atoms with E-state index in [-0.39, 0.29) is 17.5 Å². The van der Waals surface area contributed by atoms with Gasteiger partial charge in [-0.3, -0.25) is 14.5 Å². The Bertz CT molecular complexity index is 592. The minimum Gasteiger partial charge on any atom is -0.502 e. The van der Waals surface area contributed by atoms with E-state index in [0.717, 1.165) is 6.26 Å². The molecule has 2 heterocycles. The molecule has 0 bridgehead atoms. The molecule has 6 nitrogen and oxygen atoms in total. The van der Waals surface area contributed by atoms with Gasteiger partial charge in [0.05, 0.1) is 18.6 Å². The second kappa shape index (κ2) is 5.52. The maximum Gasteiger partial charge on any atom is 0.237 e. The number of hydrogen-bond acceptors (Lipinski definition) is 5.